The topological polar surface area (TPSA) is 55.1 Å². The average Bonchev–Trinajstić information content (AvgIpc) is 1.99. The molecule has 1 amide bonds. The third-order valence-corrected chi connectivity index (χ3v) is 1.76. The number of allylic oxidation sites excluding steroid dienone is 1. The smallest absolute Gasteiger partial charge is 0.248 e. The first-order chi connectivity index (χ1) is 5.93. The van der Waals surface area contributed by atoms with Gasteiger partial charge in [-0.2, -0.15) is 0 Å². The monoisotopic (exact) mass is 220 g/mol. The van der Waals surface area contributed by atoms with Crippen molar-refractivity contribution in [1.29, 1.82) is 0 Å². The van der Waals surface area contributed by atoms with Gasteiger partial charge in [0.05, 0.1) is 0 Å². The molecule has 0 aromatic heterocycles. The first-order valence-electron chi connectivity index (χ1n) is 4.67. The van der Waals surface area contributed by atoms with Crippen molar-refractivity contribution in [1.82, 2.24) is 5.32 Å². The molecule has 0 bridgehead atoms. The van der Waals surface area contributed by atoms with Crippen molar-refractivity contribution in [3.05, 3.63) is 11.6 Å². The quantitative estimate of drug-likeness (QED) is 0.708. The minimum atomic E-state index is -0.563. The minimum Gasteiger partial charge on any atom is -0.352 e. The van der Waals surface area contributed by atoms with Crippen LogP contribution in [0.15, 0.2) is 11.6 Å². The van der Waals surface area contributed by atoms with Crippen molar-refractivity contribution in [3.8, 4) is 0 Å². The van der Waals surface area contributed by atoms with E-state index in [2.05, 4.69) is 5.32 Å². The molecule has 14 heavy (non-hydrogen) atoms. The molecule has 3 nitrogen and oxygen atoms in total. The molecular weight excluding hydrogens is 200 g/mol. The van der Waals surface area contributed by atoms with E-state index in [9.17, 15) is 4.79 Å². The summed E-state index contributed by atoms with van der Waals surface area (Å²) in [6.45, 7) is 8.20. The van der Waals surface area contributed by atoms with Gasteiger partial charge in [-0.15, -0.1) is 12.4 Å². The maximum Gasteiger partial charge on any atom is 0.248 e. The summed E-state index contributed by atoms with van der Waals surface area (Å²) in [6, 6.07) is 0. The lowest BCUT2D eigenvalue weighted by atomic mass is 9.94. The molecule has 0 aliphatic heterocycles. The lowest BCUT2D eigenvalue weighted by Crippen LogP contribution is -2.42. The Morgan fingerprint density at radius 2 is 2.00 bits per heavy atom. The van der Waals surface area contributed by atoms with Gasteiger partial charge in [-0.05, 0) is 27.2 Å². The predicted octanol–water partition coefficient (Wildman–Crippen LogP) is 1.62. The summed E-state index contributed by atoms with van der Waals surface area (Å²) < 4.78 is 0. The second-order valence-corrected chi connectivity index (χ2v) is 3.68. The molecule has 0 aliphatic rings. The van der Waals surface area contributed by atoms with Crippen LogP contribution in [0, 0.1) is 0 Å². The molecular formula is C10H21ClN2O. The van der Waals surface area contributed by atoms with Gasteiger partial charge < -0.3 is 11.1 Å². The predicted molar refractivity (Wildman–Crippen MR) is 62.6 cm³/mol. The van der Waals surface area contributed by atoms with Crippen LogP contribution in [-0.2, 0) is 4.79 Å². The van der Waals surface area contributed by atoms with Crippen LogP contribution in [0.4, 0.5) is 0 Å². The van der Waals surface area contributed by atoms with Crippen LogP contribution in [0.3, 0.4) is 0 Å². The fraction of sp³-hybridized carbons (Fsp3) is 0.700. The molecule has 0 spiro atoms. The third kappa shape index (κ3) is 5.25. The van der Waals surface area contributed by atoms with Gasteiger partial charge in [0, 0.05) is 17.7 Å². The first-order valence-corrected chi connectivity index (χ1v) is 4.67. The van der Waals surface area contributed by atoms with Gasteiger partial charge in [-0.3, -0.25) is 4.79 Å². The summed E-state index contributed by atoms with van der Waals surface area (Å²) in [7, 11) is 0. The van der Waals surface area contributed by atoms with E-state index in [0.717, 1.165) is 6.42 Å². The summed E-state index contributed by atoms with van der Waals surface area (Å²) in [5.74, 6) is -0.0585. The van der Waals surface area contributed by atoms with Crippen molar-refractivity contribution in [3.63, 3.8) is 0 Å². The number of nitrogens with one attached hydrogen (secondary N) is 1. The summed E-state index contributed by atoms with van der Waals surface area (Å²) >= 11 is 0. The van der Waals surface area contributed by atoms with Crippen molar-refractivity contribution in [2.24, 2.45) is 5.73 Å². The highest BCUT2D eigenvalue weighted by molar-refractivity contribution is 5.95. The van der Waals surface area contributed by atoms with E-state index in [-0.39, 0.29) is 18.3 Å². The van der Waals surface area contributed by atoms with Crippen molar-refractivity contribution in [2.75, 3.05) is 6.54 Å². The molecule has 0 unspecified atom stereocenters. The van der Waals surface area contributed by atoms with Crippen molar-refractivity contribution >= 4 is 18.3 Å². The van der Waals surface area contributed by atoms with Crippen molar-refractivity contribution < 1.29 is 4.79 Å². The molecule has 0 saturated heterocycles. The van der Waals surface area contributed by atoms with E-state index in [0.29, 0.717) is 12.1 Å². The zero-order valence-corrected chi connectivity index (χ0v) is 10.2. The maximum atomic E-state index is 11.5. The molecule has 0 radical (unpaired) electrons. The van der Waals surface area contributed by atoms with Crippen molar-refractivity contribution in [2.45, 2.75) is 39.7 Å². The molecule has 0 aromatic carbocycles. The number of hydrogen-bond donors (Lipinski definition) is 2. The number of amides is 1. The lowest BCUT2D eigenvalue weighted by molar-refractivity contribution is -0.118. The minimum absolute atomic E-state index is 0. The highest BCUT2D eigenvalue weighted by Crippen LogP contribution is 2.11. The first kappa shape index (κ1) is 15.9. The molecule has 0 aliphatic carbocycles. The molecule has 0 saturated carbocycles. The SMILES string of the molecule is CC=C(C(=O)NCCC)C(C)(C)N.Cl. The number of rotatable bonds is 4. The Morgan fingerprint density at radius 1 is 1.50 bits per heavy atom. The second-order valence-electron chi connectivity index (χ2n) is 3.68. The lowest BCUT2D eigenvalue weighted by Gasteiger charge is -2.21. The summed E-state index contributed by atoms with van der Waals surface area (Å²) in [5, 5.41) is 2.80. The van der Waals surface area contributed by atoms with E-state index in [1.54, 1.807) is 6.08 Å². The number of hydrogen-bond acceptors (Lipinski definition) is 2. The molecule has 0 rings (SSSR count). The standard InChI is InChI=1S/C10H20N2O.ClH/c1-5-7-12-9(13)8(6-2)10(3,4)11;/h6H,5,7,11H2,1-4H3,(H,12,13);1H. The second kappa shape index (κ2) is 6.85. The van der Waals surface area contributed by atoms with Crippen LogP contribution in [0.5, 0.6) is 0 Å². The van der Waals surface area contributed by atoms with E-state index in [1.807, 2.05) is 27.7 Å². The van der Waals surface area contributed by atoms with Gasteiger partial charge in [-0.25, -0.2) is 0 Å². The van der Waals surface area contributed by atoms with Crippen LogP contribution < -0.4 is 11.1 Å². The van der Waals surface area contributed by atoms with Gasteiger partial charge >= 0.3 is 0 Å². The molecule has 84 valence electrons. The van der Waals surface area contributed by atoms with Crippen LogP contribution in [-0.4, -0.2) is 18.0 Å². The van der Waals surface area contributed by atoms with E-state index in [1.165, 1.54) is 0 Å². The Balaban J connectivity index is 0. The van der Waals surface area contributed by atoms with Crippen LogP contribution >= 0.6 is 12.4 Å². The number of carbonyl (C=O) groups is 1. The Hall–Kier alpha value is -0.540. The van der Waals surface area contributed by atoms with Gasteiger partial charge in [0.15, 0.2) is 0 Å². The van der Waals surface area contributed by atoms with E-state index < -0.39 is 5.54 Å². The van der Waals surface area contributed by atoms with E-state index in [4.69, 9.17) is 5.73 Å². The molecule has 0 heterocycles. The molecule has 0 fully saturated rings. The number of nitrogens with two attached hydrogens (primary N) is 1. The van der Waals surface area contributed by atoms with Crippen LogP contribution in [0.2, 0.25) is 0 Å². The Bertz CT molecular complexity index is 207. The van der Waals surface area contributed by atoms with Gasteiger partial charge in [0.1, 0.15) is 0 Å². The molecule has 3 N–H and O–H groups in total. The fourth-order valence-corrected chi connectivity index (χ4v) is 1.13. The Morgan fingerprint density at radius 3 is 2.29 bits per heavy atom. The van der Waals surface area contributed by atoms with Gasteiger partial charge in [0.2, 0.25) is 5.91 Å². The number of carbonyl (C=O) groups excluding carboxylic acids is 1. The maximum absolute atomic E-state index is 11.5. The Labute approximate surface area is 92.5 Å². The molecule has 0 atom stereocenters. The van der Waals surface area contributed by atoms with Crippen LogP contribution in [0.25, 0.3) is 0 Å². The summed E-state index contributed by atoms with van der Waals surface area (Å²) in [6.07, 6.45) is 2.71. The molecule has 0 aromatic rings. The largest absolute Gasteiger partial charge is 0.352 e. The fourth-order valence-electron chi connectivity index (χ4n) is 1.13. The summed E-state index contributed by atoms with van der Waals surface area (Å²) in [5.41, 5.74) is 5.91. The zero-order chi connectivity index (χ0) is 10.5. The third-order valence-electron chi connectivity index (χ3n) is 1.76. The number of halogens is 1. The highest BCUT2D eigenvalue weighted by atomic mass is 35.5. The van der Waals surface area contributed by atoms with Crippen LogP contribution in [0.1, 0.15) is 34.1 Å². The Kier molecular flexibility index (Phi) is 7.78. The highest BCUT2D eigenvalue weighted by Gasteiger charge is 2.22. The van der Waals surface area contributed by atoms with Gasteiger partial charge in [0.25, 0.3) is 0 Å². The summed E-state index contributed by atoms with van der Waals surface area (Å²) in [4.78, 5) is 11.5. The van der Waals surface area contributed by atoms with E-state index >= 15 is 0 Å². The average molecular weight is 221 g/mol. The molecule has 4 heteroatoms. The normalized spacial score (nSPS) is 11.9. The van der Waals surface area contributed by atoms with Gasteiger partial charge in [-0.1, -0.05) is 13.0 Å². The zero-order valence-electron chi connectivity index (χ0n) is 9.39.